The number of amides is 1. The van der Waals surface area contributed by atoms with Gasteiger partial charge in [0.1, 0.15) is 12.4 Å². The Balaban J connectivity index is 1.64. The first-order valence-corrected chi connectivity index (χ1v) is 8.63. The third-order valence-electron chi connectivity index (χ3n) is 4.40. The minimum atomic E-state index is 0.258. The fourth-order valence-electron chi connectivity index (χ4n) is 2.77. The van der Waals surface area contributed by atoms with Gasteiger partial charge in [-0.3, -0.25) is 14.6 Å². The lowest BCUT2D eigenvalue weighted by molar-refractivity contribution is -0.134. The fourth-order valence-corrected chi connectivity index (χ4v) is 2.77. The summed E-state index contributed by atoms with van der Waals surface area (Å²) in [5.74, 6) is 1.18. The standard InChI is InChI=1S/C18H29N3O2/c1-3-19(4-2)16-18(22)21-12-10-20(11-13-21)14-15-23-17-8-6-5-7-9-17/h5-9H,3-4,10-16H2,1-2H3. The number of carbonyl (C=O) groups is 1. The number of piperazine rings is 1. The molecule has 0 spiro atoms. The van der Waals surface area contributed by atoms with Gasteiger partial charge in [-0.1, -0.05) is 32.0 Å². The van der Waals surface area contributed by atoms with Crippen LogP contribution < -0.4 is 4.74 Å². The van der Waals surface area contributed by atoms with Crippen molar-refractivity contribution in [3.63, 3.8) is 0 Å². The highest BCUT2D eigenvalue weighted by atomic mass is 16.5. The molecule has 2 rings (SSSR count). The highest BCUT2D eigenvalue weighted by Crippen LogP contribution is 2.09. The SMILES string of the molecule is CCN(CC)CC(=O)N1CCN(CCOc2ccccc2)CC1. The van der Waals surface area contributed by atoms with Crippen molar-refractivity contribution in [2.24, 2.45) is 0 Å². The number of likely N-dealkylation sites (N-methyl/N-ethyl adjacent to an activating group) is 1. The number of hydrogen-bond donors (Lipinski definition) is 0. The molecule has 1 aliphatic heterocycles. The van der Waals surface area contributed by atoms with Crippen LogP contribution in [0.1, 0.15) is 13.8 Å². The second-order valence-corrected chi connectivity index (χ2v) is 5.85. The monoisotopic (exact) mass is 319 g/mol. The summed E-state index contributed by atoms with van der Waals surface area (Å²) in [6.07, 6.45) is 0. The fraction of sp³-hybridized carbons (Fsp3) is 0.611. The van der Waals surface area contributed by atoms with Crippen molar-refractivity contribution in [3.8, 4) is 5.75 Å². The molecule has 0 bridgehead atoms. The van der Waals surface area contributed by atoms with Crippen LogP contribution in [0.5, 0.6) is 5.75 Å². The molecule has 5 heteroatoms. The Morgan fingerprint density at radius 3 is 2.35 bits per heavy atom. The van der Waals surface area contributed by atoms with E-state index in [-0.39, 0.29) is 5.91 Å². The number of nitrogens with zero attached hydrogens (tertiary/aromatic N) is 3. The molecule has 1 saturated heterocycles. The highest BCUT2D eigenvalue weighted by Gasteiger charge is 2.21. The second-order valence-electron chi connectivity index (χ2n) is 5.85. The third-order valence-corrected chi connectivity index (χ3v) is 4.40. The summed E-state index contributed by atoms with van der Waals surface area (Å²) >= 11 is 0. The van der Waals surface area contributed by atoms with E-state index < -0.39 is 0 Å². The molecule has 0 saturated carbocycles. The first kappa shape index (κ1) is 17.8. The average molecular weight is 319 g/mol. The number of carbonyl (C=O) groups excluding carboxylic acids is 1. The van der Waals surface area contributed by atoms with E-state index in [9.17, 15) is 4.79 Å². The van der Waals surface area contributed by atoms with Gasteiger partial charge in [0.2, 0.25) is 5.91 Å². The highest BCUT2D eigenvalue weighted by molar-refractivity contribution is 5.78. The second kappa shape index (κ2) is 9.53. The van der Waals surface area contributed by atoms with Gasteiger partial charge in [-0.05, 0) is 25.2 Å². The van der Waals surface area contributed by atoms with Gasteiger partial charge in [0, 0.05) is 32.7 Å². The Labute approximate surface area is 139 Å². The smallest absolute Gasteiger partial charge is 0.236 e. The van der Waals surface area contributed by atoms with Gasteiger partial charge in [-0.25, -0.2) is 0 Å². The average Bonchev–Trinajstić information content (AvgIpc) is 2.61. The van der Waals surface area contributed by atoms with Crippen molar-refractivity contribution in [1.82, 2.24) is 14.7 Å². The molecule has 1 fully saturated rings. The van der Waals surface area contributed by atoms with Crippen molar-refractivity contribution < 1.29 is 9.53 Å². The van der Waals surface area contributed by atoms with E-state index >= 15 is 0 Å². The molecule has 0 unspecified atom stereocenters. The van der Waals surface area contributed by atoms with E-state index in [0.29, 0.717) is 13.2 Å². The molecule has 128 valence electrons. The maximum absolute atomic E-state index is 12.3. The molecule has 1 aromatic rings. The lowest BCUT2D eigenvalue weighted by atomic mass is 10.3. The van der Waals surface area contributed by atoms with Gasteiger partial charge in [0.15, 0.2) is 0 Å². The summed E-state index contributed by atoms with van der Waals surface area (Å²) in [6.45, 7) is 11.7. The van der Waals surface area contributed by atoms with Crippen LogP contribution in [0.15, 0.2) is 30.3 Å². The molecule has 1 heterocycles. The summed E-state index contributed by atoms with van der Waals surface area (Å²) in [7, 11) is 0. The van der Waals surface area contributed by atoms with Crippen LogP contribution in [0.25, 0.3) is 0 Å². The molecule has 1 aliphatic rings. The van der Waals surface area contributed by atoms with E-state index in [1.54, 1.807) is 0 Å². The summed E-state index contributed by atoms with van der Waals surface area (Å²) in [4.78, 5) is 18.8. The Hall–Kier alpha value is -1.59. The Morgan fingerprint density at radius 1 is 1.09 bits per heavy atom. The van der Waals surface area contributed by atoms with E-state index in [1.807, 2.05) is 35.2 Å². The minimum Gasteiger partial charge on any atom is -0.492 e. The molecule has 0 N–H and O–H groups in total. The number of para-hydroxylation sites is 1. The van der Waals surface area contributed by atoms with Crippen molar-refractivity contribution in [2.45, 2.75) is 13.8 Å². The van der Waals surface area contributed by atoms with Crippen LogP contribution >= 0.6 is 0 Å². The maximum atomic E-state index is 12.3. The quantitative estimate of drug-likeness (QED) is 0.728. The van der Waals surface area contributed by atoms with Crippen LogP contribution in [-0.4, -0.2) is 79.6 Å². The molecule has 0 aliphatic carbocycles. The van der Waals surface area contributed by atoms with Gasteiger partial charge >= 0.3 is 0 Å². The summed E-state index contributed by atoms with van der Waals surface area (Å²) in [5, 5.41) is 0. The van der Waals surface area contributed by atoms with Crippen molar-refractivity contribution in [2.75, 3.05) is 59.0 Å². The maximum Gasteiger partial charge on any atom is 0.236 e. The van der Waals surface area contributed by atoms with Gasteiger partial charge < -0.3 is 9.64 Å². The van der Waals surface area contributed by atoms with E-state index in [0.717, 1.165) is 51.6 Å². The topological polar surface area (TPSA) is 36.0 Å². The lowest BCUT2D eigenvalue weighted by Crippen LogP contribution is -2.51. The molecule has 1 aromatic carbocycles. The Morgan fingerprint density at radius 2 is 1.74 bits per heavy atom. The third kappa shape index (κ3) is 5.84. The molecule has 1 amide bonds. The lowest BCUT2D eigenvalue weighted by Gasteiger charge is -2.35. The van der Waals surface area contributed by atoms with Crippen LogP contribution in [0, 0.1) is 0 Å². The van der Waals surface area contributed by atoms with Crippen molar-refractivity contribution in [3.05, 3.63) is 30.3 Å². The van der Waals surface area contributed by atoms with Crippen molar-refractivity contribution >= 4 is 5.91 Å². The van der Waals surface area contributed by atoms with Crippen LogP contribution in [0.2, 0.25) is 0 Å². The number of hydrogen-bond acceptors (Lipinski definition) is 4. The van der Waals surface area contributed by atoms with E-state index in [2.05, 4.69) is 23.6 Å². The van der Waals surface area contributed by atoms with E-state index in [4.69, 9.17) is 4.74 Å². The number of rotatable bonds is 8. The van der Waals surface area contributed by atoms with Gasteiger partial charge in [0.05, 0.1) is 6.54 Å². The largest absolute Gasteiger partial charge is 0.492 e. The number of ether oxygens (including phenoxy) is 1. The molecule has 5 nitrogen and oxygen atoms in total. The zero-order valence-corrected chi connectivity index (χ0v) is 14.4. The first-order valence-electron chi connectivity index (χ1n) is 8.63. The Bertz CT molecular complexity index is 455. The first-order chi connectivity index (χ1) is 11.2. The zero-order valence-electron chi connectivity index (χ0n) is 14.4. The summed E-state index contributed by atoms with van der Waals surface area (Å²) < 4.78 is 5.74. The van der Waals surface area contributed by atoms with Gasteiger partial charge in [0.25, 0.3) is 0 Å². The normalized spacial score (nSPS) is 15.9. The minimum absolute atomic E-state index is 0.258. The van der Waals surface area contributed by atoms with Crippen molar-refractivity contribution in [1.29, 1.82) is 0 Å². The molecule has 23 heavy (non-hydrogen) atoms. The van der Waals surface area contributed by atoms with Gasteiger partial charge in [-0.15, -0.1) is 0 Å². The molecule has 0 aromatic heterocycles. The summed E-state index contributed by atoms with van der Waals surface area (Å²) in [5.41, 5.74) is 0. The zero-order chi connectivity index (χ0) is 16.5. The predicted molar refractivity (Wildman–Crippen MR) is 92.7 cm³/mol. The molecular formula is C18H29N3O2. The molecule has 0 atom stereocenters. The van der Waals surface area contributed by atoms with Crippen LogP contribution in [-0.2, 0) is 4.79 Å². The molecule has 0 radical (unpaired) electrons. The Kier molecular flexibility index (Phi) is 7.36. The predicted octanol–water partition coefficient (Wildman–Crippen LogP) is 1.55. The molecular weight excluding hydrogens is 290 g/mol. The van der Waals surface area contributed by atoms with Crippen LogP contribution in [0.3, 0.4) is 0 Å². The van der Waals surface area contributed by atoms with Gasteiger partial charge in [-0.2, -0.15) is 0 Å². The number of benzene rings is 1. The van der Waals surface area contributed by atoms with Crippen LogP contribution in [0.4, 0.5) is 0 Å². The van der Waals surface area contributed by atoms with E-state index in [1.165, 1.54) is 0 Å². The summed E-state index contributed by atoms with van der Waals surface area (Å²) in [6, 6.07) is 9.90.